The van der Waals surface area contributed by atoms with Gasteiger partial charge < -0.3 is 15.0 Å². The number of ether oxygens (including phenoxy) is 1. The molecule has 98 valence electrons. The van der Waals surface area contributed by atoms with Crippen LogP contribution in [0.15, 0.2) is 28.6 Å². The van der Waals surface area contributed by atoms with Gasteiger partial charge in [-0.3, -0.25) is 9.59 Å². The average Bonchev–Trinajstić information content (AvgIpc) is 2.87. The molecule has 19 heavy (non-hydrogen) atoms. The molecule has 0 aliphatic carbocycles. The normalized spacial score (nSPS) is 9.95. The number of methoxy groups -OCH3 is 1. The lowest BCUT2D eigenvalue weighted by Crippen LogP contribution is -2.16. The van der Waals surface area contributed by atoms with Crippen LogP contribution in [-0.4, -0.2) is 29.0 Å². The molecule has 8 heteroatoms. The summed E-state index contributed by atoms with van der Waals surface area (Å²) >= 11 is 1.15. The molecule has 1 amide bonds. The first kappa shape index (κ1) is 13.0. The number of hydrogen-bond donors (Lipinski definition) is 2. The molecule has 2 aromatic rings. The molecule has 0 radical (unpaired) electrons. The largest absolute Gasteiger partial charge is 0.465 e. The Labute approximate surface area is 111 Å². The Morgan fingerprint density at radius 2 is 2.26 bits per heavy atom. The van der Waals surface area contributed by atoms with E-state index in [1.165, 1.54) is 19.4 Å². The van der Waals surface area contributed by atoms with Gasteiger partial charge in [0.05, 0.1) is 19.0 Å². The minimum Gasteiger partial charge on any atom is -0.465 e. The van der Waals surface area contributed by atoms with E-state index in [1.54, 1.807) is 5.38 Å². The third-order valence-electron chi connectivity index (χ3n) is 2.15. The minimum atomic E-state index is -0.481. The Morgan fingerprint density at radius 1 is 1.47 bits per heavy atom. The molecule has 2 heterocycles. The van der Waals surface area contributed by atoms with Gasteiger partial charge in [-0.2, -0.15) is 0 Å². The molecule has 0 saturated heterocycles. The van der Waals surface area contributed by atoms with Gasteiger partial charge in [-0.25, -0.2) is 9.78 Å². The maximum atomic E-state index is 11.8. The summed E-state index contributed by atoms with van der Waals surface area (Å²) in [5.74, 6) is -0.946. The van der Waals surface area contributed by atoms with Crippen molar-refractivity contribution in [1.82, 2.24) is 9.97 Å². The monoisotopic (exact) mass is 279 g/mol. The van der Waals surface area contributed by atoms with Gasteiger partial charge in [0, 0.05) is 11.6 Å². The molecule has 0 aromatic carbocycles. The number of carbonyl (C=O) groups is 2. The van der Waals surface area contributed by atoms with Crippen LogP contribution in [-0.2, 0) is 4.74 Å². The molecule has 0 bridgehead atoms. The smallest absolute Gasteiger partial charge is 0.348 e. The van der Waals surface area contributed by atoms with Gasteiger partial charge in [-0.15, -0.1) is 11.3 Å². The lowest BCUT2D eigenvalue weighted by molar-refractivity contribution is 0.0606. The van der Waals surface area contributed by atoms with E-state index in [0.29, 0.717) is 10.6 Å². The molecule has 7 nitrogen and oxygen atoms in total. The molecule has 0 saturated carbocycles. The van der Waals surface area contributed by atoms with Crippen molar-refractivity contribution in [2.24, 2.45) is 0 Å². The number of hydrogen-bond acceptors (Lipinski definition) is 6. The van der Waals surface area contributed by atoms with E-state index in [-0.39, 0.29) is 11.3 Å². The zero-order valence-corrected chi connectivity index (χ0v) is 10.6. The van der Waals surface area contributed by atoms with Crippen molar-refractivity contribution >= 4 is 28.9 Å². The number of esters is 1. The highest BCUT2D eigenvalue weighted by Gasteiger charge is 2.12. The van der Waals surface area contributed by atoms with E-state index in [2.05, 4.69) is 20.0 Å². The fraction of sp³-hybridized carbons (Fsp3) is 0.0909. The molecule has 0 aliphatic rings. The Hall–Kier alpha value is -2.48. The molecule has 0 atom stereocenters. The predicted molar refractivity (Wildman–Crippen MR) is 68.5 cm³/mol. The zero-order valence-electron chi connectivity index (χ0n) is 9.80. The SMILES string of the molecule is COC(=O)c1cc(NC(=O)c2c[nH]c(=O)cn2)cs1. The van der Waals surface area contributed by atoms with E-state index in [1.807, 2.05) is 0 Å². The van der Waals surface area contributed by atoms with Crippen molar-refractivity contribution in [3.63, 3.8) is 0 Å². The average molecular weight is 279 g/mol. The van der Waals surface area contributed by atoms with E-state index in [4.69, 9.17) is 0 Å². The van der Waals surface area contributed by atoms with Gasteiger partial charge in [0.15, 0.2) is 0 Å². The van der Waals surface area contributed by atoms with Gasteiger partial charge in [0.2, 0.25) is 0 Å². The summed E-state index contributed by atoms with van der Waals surface area (Å²) in [7, 11) is 1.28. The van der Waals surface area contributed by atoms with E-state index < -0.39 is 11.9 Å². The number of aromatic amines is 1. The number of nitrogens with one attached hydrogen (secondary N) is 2. The summed E-state index contributed by atoms with van der Waals surface area (Å²) in [5.41, 5.74) is 0.147. The molecule has 0 spiro atoms. The second kappa shape index (κ2) is 5.44. The molecule has 0 unspecified atom stereocenters. The first-order chi connectivity index (χ1) is 9.10. The molecule has 0 aliphatic heterocycles. The Balaban J connectivity index is 2.10. The summed E-state index contributed by atoms with van der Waals surface area (Å²) in [4.78, 5) is 40.2. The number of anilines is 1. The molecular weight excluding hydrogens is 270 g/mol. The van der Waals surface area contributed by atoms with Crippen LogP contribution in [0, 0.1) is 0 Å². The molecule has 2 rings (SSSR count). The third kappa shape index (κ3) is 3.05. The second-order valence-corrected chi connectivity index (χ2v) is 4.35. The lowest BCUT2D eigenvalue weighted by Gasteiger charge is -2.00. The summed E-state index contributed by atoms with van der Waals surface area (Å²) in [5, 5.41) is 4.16. The van der Waals surface area contributed by atoms with Crippen molar-refractivity contribution < 1.29 is 14.3 Å². The number of rotatable bonds is 3. The summed E-state index contributed by atoms with van der Waals surface area (Å²) in [6.45, 7) is 0. The van der Waals surface area contributed by atoms with Crippen LogP contribution in [0.5, 0.6) is 0 Å². The van der Waals surface area contributed by atoms with E-state index >= 15 is 0 Å². The van der Waals surface area contributed by atoms with Crippen molar-refractivity contribution in [2.75, 3.05) is 12.4 Å². The Kier molecular flexibility index (Phi) is 3.71. The number of thiophene rings is 1. The minimum absolute atomic E-state index is 0.0745. The predicted octanol–water partition coefficient (Wildman–Crippen LogP) is 0.870. The highest BCUT2D eigenvalue weighted by atomic mass is 32.1. The summed E-state index contributed by atoms with van der Waals surface area (Å²) in [6, 6.07) is 1.50. The van der Waals surface area contributed by atoms with Crippen LogP contribution in [0.25, 0.3) is 0 Å². The quantitative estimate of drug-likeness (QED) is 0.812. The topological polar surface area (TPSA) is 101 Å². The first-order valence-corrected chi connectivity index (χ1v) is 6.01. The Bertz CT molecular complexity index is 656. The zero-order chi connectivity index (χ0) is 13.8. The van der Waals surface area contributed by atoms with Gasteiger partial charge >= 0.3 is 5.97 Å². The van der Waals surface area contributed by atoms with Crippen LogP contribution < -0.4 is 10.9 Å². The fourth-order valence-electron chi connectivity index (χ4n) is 1.27. The number of H-pyrrole nitrogens is 1. The van der Waals surface area contributed by atoms with Crippen molar-refractivity contribution in [3.05, 3.63) is 44.8 Å². The highest BCUT2D eigenvalue weighted by molar-refractivity contribution is 7.12. The van der Waals surface area contributed by atoms with Gasteiger partial charge in [-0.1, -0.05) is 0 Å². The van der Waals surface area contributed by atoms with Crippen LogP contribution in [0.3, 0.4) is 0 Å². The molecule has 2 aromatic heterocycles. The molecule has 2 N–H and O–H groups in total. The number of amides is 1. The second-order valence-electron chi connectivity index (χ2n) is 3.44. The summed E-state index contributed by atoms with van der Waals surface area (Å²) in [6.07, 6.45) is 2.23. The van der Waals surface area contributed by atoms with Gasteiger partial charge in [0.1, 0.15) is 10.6 Å². The van der Waals surface area contributed by atoms with E-state index in [9.17, 15) is 14.4 Å². The van der Waals surface area contributed by atoms with Crippen LogP contribution in [0.1, 0.15) is 20.2 Å². The van der Waals surface area contributed by atoms with Crippen LogP contribution >= 0.6 is 11.3 Å². The first-order valence-electron chi connectivity index (χ1n) is 5.13. The van der Waals surface area contributed by atoms with Crippen molar-refractivity contribution in [3.8, 4) is 0 Å². The maximum Gasteiger partial charge on any atom is 0.348 e. The van der Waals surface area contributed by atoms with Crippen molar-refractivity contribution in [2.45, 2.75) is 0 Å². The highest BCUT2D eigenvalue weighted by Crippen LogP contribution is 2.20. The summed E-state index contributed by atoms with van der Waals surface area (Å²) < 4.78 is 4.56. The van der Waals surface area contributed by atoms with Crippen LogP contribution in [0.4, 0.5) is 5.69 Å². The Morgan fingerprint density at radius 3 is 2.89 bits per heavy atom. The van der Waals surface area contributed by atoms with Gasteiger partial charge in [-0.05, 0) is 6.07 Å². The number of nitrogens with zero attached hydrogens (tertiary/aromatic N) is 1. The van der Waals surface area contributed by atoms with Gasteiger partial charge in [0.25, 0.3) is 11.5 Å². The number of carbonyl (C=O) groups excluding carboxylic acids is 2. The van der Waals surface area contributed by atoms with E-state index in [0.717, 1.165) is 17.5 Å². The lowest BCUT2D eigenvalue weighted by atomic mass is 10.3. The van der Waals surface area contributed by atoms with Crippen molar-refractivity contribution in [1.29, 1.82) is 0 Å². The number of aromatic nitrogens is 2. The maximum absolute atomic E-state index is 11.8. The molecule has 0 fully saturated rings. The molecular formula is C11H9N3O4S. The standard InChI is InChI=1S/C11H9N3O4S/c1-18-11(17)8-2-6(5-19-8)14-10(16)7-3-13-9(15)4-12-7/h2-5H,1H3,(H,13,15)(H,14,16). The fourth-order valence-corrected chi connectivity index (χ4v) is 2.03. The third-order valence-corrected chi connectivity index (χ3v) is 3.06. The van der Waals surface area contributed by atoms with Crippen LogP contribution in [0.2, 0.25) is 0 Å².